The van der Waals surface area contributed by atoms with Crippen molar-refractivity contribution in [1.82, 2.24) is 15.3 Å². The fourth-order valence-corrected chi connectivity index (χ4v) is 1.10. The molecule has 1 rings (SSSR count). The van der Waals surface area contributed by atoms with E-state index in [9.17, 15) is 4.79 Å². The van der Waals surface area contributed by atoms with Gasteiger partial charge in [0.2, 0.25) is 0 Å². The first kappa shape index (κ1) is 10.7. The van der Waals surface area contributed by atoms with Gasteiger partial charge in [0.25, 0.3) is 5.91 Å². The Balaban J connectivity index is 2.57. The number of aliphatic hydroxyl groups is 1. The molecular weight excluding hydrogens is 182 g/mol. The highest BCUT2D eigenvalue weighted by Gasteiger charge is 2.20. The Kier molecular flexibility index (Phi) is 3.24. The molecule has 0 saturated carbocycles. The number of aromatic nitrogens is 2. The number of hydrogen-bond donors (Lipinski definition) is 3. The number of nitrogens with zero attached hydrogens (tertiary/aromatic N) is 1. The van der Waals surface area contributed by atoms with Crippen LogP contribution in [0.2, 0.25) is 0 Å². The number of aromatic amines is 1. The molecule has 1 aromatic heterocycles. The van der Waals surface area contributed by atoms with Crippen molar-refractivity contribution in [2.24, 2.45) is 0 Å². The lowest BCUT2D eigenvalue weighted by atomic mass is 10.0. The number of carbonyl (C=O) groups is 1. The summed E-state index contributed by atoms with van der Waals surface area (Å²) in [6.45, 7) is 3.77. The van der Waals surface area contributed by atoms with Crippen molar-refractivity contribution < 1.29 is 9.90 Å². The number of imidazole rings is 1. The third kappa shape index (κ3) is 2.85. The molecule has 0 fully saturated rings. The molecule has 0 aliphatic heterocycles. The minimum Gasteiger partial charge on any atom is -0.396 e. The number of carbonyl (C=O) groups excluding carboxylic acids is 1. The summed E-state index contributed by atoms with van der Waals surface area (Å²) in [5, 5.41) is 11.6. The zero-order valence-electron chi connectivity index (χ0n) is 8.37. The van der Waals surface area contributed by atoms with Gasteiger partial charge in [0, 0.05) is 12.1 Å². The van der Waals surface area contributed by atoms with Crippen molar-refractivity contribution in [1.29, 1.82) is 0 Å². The summed E-state index contributed by atoms with van der Waals surface area (Å²) < 4.78 is 0. The number of hydrogen-bond acceptors (Lipinski definition) is 3. The Morgan fingerprint density at radius 1 is 1.71 bits per heavy atom. The number of aliphatic hydroxyl groups excluding tert-OH is 1. The predicted octanol–water partition coefficient (Wildman–Crippen LogP) is 0.300. The Bertz CT molecular complexity index is 293. The van der Waals surface area contributed by atoms with Gasteiger partial charge in [-0.05, 0) is 20.3 Å². The first-order valence-electron chi connectivity index (χ1n) is 4.47. The minimum absolute atomic E-state index is 0.0518. The van der Waals surface area contributed by atoms with Gasteiger partial charge in [-0.25, -0.2) is 4.98 Å². The average molecular weight is 197 g/mol. The average Bonchev–Trinajstić information content (AvgIpc) is 2.53. The van der Waals surface area contributed by atoms with E-state index in [-0.39, 0.29) is 12.5 Å². The van der Waals surface area contributed by atoms with Crippen LogP contribution in [-0.4, -0.2) is 33.1 Å². The zero-order chi connectivity index (χ0) is 10.6. The van der Waals surface area contributed by atoms with E-state index in [2.05, 4.69) is 15.3 Å². The lowest BCUT2D eigenvalue weighted by Crippen LogP contribution is -2.44. The van der Waals surface area contributed by atoms with Gasteiger partial charge in [0.1, 0.15) is 5.69 Å². The molecule has 0 aliphatic rings. The largest absolute Gasteiger partial charge is 0.396 e. The third-order valence-corrected chi connectivity index (χ3v) is 1.93. The second-order valence-electron chi connectivity index (χ2n) is 3.78. The van der Waals surface area contributed by atoms with Crippen LogP contribution in [0.4, 0.5) is 0 Å². The number of rotatable bonds is 4. The van der Waals surface area contributed by atoms with Gasteiger partial charge in [-0.2, -0.15) is 0 Å². The maximum Gasteiger partial charge on any atom is 0.269 e. The fraction of sp³-hybridized carbons (Fsp3) is 0.556. The second-order valence-corrected chi connectivity index (χ2v) is 3.78. The van der Waals surface area contributed by atoms with Crippen LogP contribution in [0.3, 0.4) is 0 Å². The molecule has 0 spiro atoms. The van der Waals surface area contributed by atoms with E-state index in [1.165, 1.54) is 12.5 Å². The van der Waals surface area contributed by atoms with Crippen molar-refractivity contribution in [3.8, 4) is 0 Å². The van der Waals surface area contributed by atoms with Gasteiger partial charge < -0.3 is 15.4 Å². The molecule has 0 atom stereocenters. The summed E-state index contributed by atoms with van der Waals surface area (Å²) in [7, 11) is 0. The van der Waals surface area contributed by atoms with E-state index in [1.54, 1.807) is 0 Å². The minimum atomic E-state index is -0.406. The highest BCUT2D eigenvalue weighted by molar-refractivity contribution is 5.92. The lowest BCUT2D eigenvalue weighted by Gasteiger charge is -2.24. The van der Waals surface area contributed by atoms with Gasteiger partial charge >= 0.3 is 0 Å². The topological polar surface area (TPSA) is 78.0 Å². The van der Waals surface area contributed by atoms with Crippen LogP contribution < -0.4 is 5.32 Å². The van der Waals surface area contributed by atoms with E-state index >= 15 is 0 Å². The Labute approximate surface area is 82.6 Å². The van der Waals surface area contributed by atoms with Crippen LogP contribution in [0, 0.1) is 0 Å². The first-order valence-corrected chi connectivity index (χ1v) is 4.47. The van der Waals surface area contributed by atoms with E-state index < -0.39 is 5.54 Å². The monoisotopic (exact) mass is 197 g/mol. The normalized spacial score (nSPS) is 11.4. The summed E-state index contributed by atoms with van der Waals surface area (Å²) in [5.41, 5.74) is 0.0211. The highest BCUT2D eigenvalue weighted by Crippen LogP contribution is 2.08. The number of amides is 1. The zero-order valence-corrected chi connectivity index (χ0v) is 8.37. The molecule has 0 radical (unpaired) electrons. The van der Waals surface area contributed by atoms with Crippen LogP contribution in [0.1, 0.15) is 30.8 Å². The molecule has 0 bridgehead atoms. The Morgan fingerprint density at radius 2 is 2.43 bits per heavy atom. The summed E-state index contributed by atoms with van der Waals surface area (Å²) in [6.07, 6.45) is 3.44. The van der Waals surface area contributed by atoms with Crippen molar-refractivity contribution >= 4 is 5.91 Å². The maximum absolute atomic E-state index is 11.5. The van der Waals surface area contributed by atoms with E-state index in [4.69, 9.17) is 5.11 Å². The molecule has 0 aromatic carbocycles. The van der Waals surface area contributed by atoms with Crippen molar-refractivity contribution in [2.45, 2.75) is 25.8 Å². The molecule has 5 nitrogen and oxygen atoms in total. The molecule has 0 saturated heterocycles. The molecule has 0 aliphatic carbocycles. The van der Waals surface area contributed by atoms with E-state index in [0.29, 0.717) is 12.1 Å². The molecule has 1 aromatic rings. The molecule has 3 N–H and O–H groups in total. The third-order valence-electron chi connectivity index (χ3n) is 1.93. The van der Waals surface area contributed by atoms with Crippen molar-refractivity contribution in [2.75, 3.05) is 6.61 Å². The Morgan fingerprint density at radius 3 is 2.93 bits per heavy atom. The Hall–Kier alpha value is -1.36. The van der Waals surface area contributed by atoms with E-state index in [0.717, 1.165) is 0 Å². The smallest absolute Gasteiger partial charge is 0.269 e. The molecule has 1 amide bonds. The van der Waals surface area contributed by atoms with Gasteiger partial charge in [0.05, 0.1) is 12.5 Å². The van der Waals surface area contributed by atoms with Crippen LogP contribution >= 0.6 is 0 Å². The second kappa shape index (κ2) is 4.23. The fourth-order valence-electron chi connectivity index (χ4n) is 1.10. The number of H-pyrrole nitrogens is 1. The quantitative estimate of drug-likeness (QED) is 0.649. The molecule has 0 unspecified atom stereocenters. The summed E-state index contributed by atoms with van der Waals surface area (Å²) in [6, 6.07) is 0. The molecular formula is C9H15N3O2. The summed E-state index contributed by atoms with van der Waals surface area (Å²) in [5.74, 6) is -0.207. The highest BCUT2D eigenvalue weighted by atomic mass is 16.3. The van der Waals surface area contributed by atoms with Crippen molar-refractivity contribution in [3.63, 3.8) is 0 Å². The van der Waals surface area contributed by atoms with Crippen molar-refractivity contribution in [3.05, 3.63) is 18.2 Å². The van der Waals surface area contributed by atoms with Crippen LogP contribution in [0.15, 0.2) is 12.5 Å². The van der Waals surface area contributed by atoms with Crippen LogP contribution in [-0.2, 0) is 0 Å². The predicted molar refractivity (Wildman–Crippen MR) is 51.8 cm³/mol. The van der Waals surface area contributed by atoms with E-state index in [1.807, 2.05) is 13.8 Å². The standard InChI is InChI=1S/C9H15N3O2/c1-9(2,3-4-13)12-8(14)7-5-10-6-11-7/h5-6,13H,3-4H2,1-2H3,(H,10,11)(H,12,14). The van der Waals surface area contributed by atoms with Gasteiger partial charge in [-0.15, -0.1) is 0 Å². The van der Waals surface area contributed by atoms with Gasteiger partial charge in [-0.1, -0.05) is 0 Å². The SMILES string of the molecule is CC(C)(CCO)NC(=O)c1cnc[nH]1. The maximum atomic E-state index is 11.5. The molecule has 14 heavy (non-hydrogen) atoms. The summed E-state index contributed by atoms with van der Waals surface area (Å²) >= 11 is 0. The van der Waals surface area contributed by atoms with Crippen LogP contribution in [0.5, 0.6) is 0 Å². The lowest BCUT2D eigenvalue weighted by molar-refractivity contribution is 0.0895. The first-order chi connectivity index (χ1) is 6.55. The number of nitrogens with one attached hydrogen (secondary N) is 2. The van der Waals surface area contributed by atoms with Gasteiger partial charge in [0.15, 0.2) is 0 Å². The van der Waals surface area contributed by atoms with Gasteiger partial charge in [-0.3, -0.25) is 4.79 Å². The van der Waals surface area contributed by atoms with Crippen LogP contribution in [0.25, 0.3) is 0 Å². The molecule has 5 heteroatoms. The summed E-state index contributed by atoms with van der Waals surface area (Å²) in [4.78, 5) is 18.0. The molecule has 1 heterocycles. The molecule has 78 valence electrons.